The Hall–Kier alpha value is -2.91. The first kappa shape index (κ1) is 17.5. The van der Waals surface area contributed by atoms with E-state index in [0.717, 1.165) is 22.3 Å². The standard InChI is InChI=1S/C24H22O3/c1-23(22(25)27-17-18-10-4-2-5-11-18)21-15-9-8-12-19(21)16-24(23,26)20-13-6-3-7-14-20/h2-15,26H,16-17H2,1H3/t23-,24+/m0/s1. The minimum absolute atomic E-state index is 0.183. The van der Waals surface area contributed by atoms with Crippen LogP contribution in [0.5, 0.6) is 0 Å². The van der Waals surface area contributed by atoms with Crippen LogP contribution in [0.2, 0.25) is 0 Å². The van der Waals surface area contributed by atoms with E-state index in [2.05, 4.69) is 0 Å². The van der Waals surface area contributed by atoms with Gasteiger partial charge in [0.25, 0.3) is 0 Å². The molecule has 0 amide bonds. The van der Waals surface area contributed by atoms with Crippen molar-refractivity contribution in [3.05, 3.63) is 107 Å². The molecule has 3 aromatic rings. The number of carbonyl (C=O) groups excluding carboxylic acids is 1. The van der Waals surface area contributed by atoms with Gasteiger partial charge in [0.15, 0.2) is 0 Å². The number of aliphatic hydroxyl groups is 1. The second-order valence-electron chi connectivity index (χ2n) is 7.25. The Balaban J connectivity index is 1.74. The van der Waals surface area contributed by atoms with Crippen molar-refractivity contribution in [3.8, 4) is 0 Å². The summed E-state index contributed by atoms with van der Waals surface area (Å²) in [6, 6.07) is 26.7. The van der Waals surface area contributed by atoms with E-state index in [1.807, 2.05) is 84.9 Å². The van der Waals surface area contributed by atoms with Crippen LogP contribution in [0, 0.1) is 0 Å². The lowest BCUT2D eigenvalue weighted by Crippen LogP contribution is -2.50. The van der Waals surface area contributed by atoms with E-state index in [1.165, 1.54) is 0 Å². The zero-order valence-corrected chi connectivity index (χ0v) is 15.3. The van der Waals surface area contributed by atoms with Crippen LogP contribution in [-0.2, 0) is 33.6 Å². The van der Waals surface area contributed by atoms with Gasteiger partial charge in [0.05, 0.1) is 0 Å². The maximum atomic E-state index is 13.3. The van der Waals surface area contributed by atoms with Crippen LogP contribution in [0.4, 0.5) is 0 Å². The summed E-state index contributed by atoms with van der Waals surface area (Å²) in [6.45, 7) is 1.97. The molecule has 0 bridgehead atoms. The van der Waals surface area contributed by atoms with E-state index in [1.54, 1.807) is 6.92 Å². The fourth-order valence-corrected chi connectivity index (χ4v) is 4.09. The smallest absolute Gasteiger partial charge is 0.319 e. The quantitative estimate of drug-likeness (QED) is 0.713. The van der Waals surface area contributed by atoms with Gasteiger partial charge >= 0.3 is 5.97 Å². The van der Waals surface area contributed by atoms with Crippen molar-refractivity contribution in [2.24, 2.45) is 0 Å². The van der Waals surface area contributed by atoms with Crippen LogP contribution >= 0.6 is 0 Å². The first-order valence-electron chi connectivity index (χ1n) is 9.13. The van der Waals surface area contributed by atoms with E-state index >= 15 is 0 Å². The molecule has 3 heteroatoms. The Morgan fingerprint density at radius 2 is 1.52 bits per heavy atom. The maximum absolute atomic E-state index is 13.3. The first-order valence-corrected chi connectivity index (χ1v) is 9.13. The minimum Gasteiger partial charge on any atom is -0.460 e. The third kappa shape index (κ3) is 2.75. The second-order valence-corrected chi connectivity index (χ2v) is 7.25. The molecular weight excluding hydrogens is 336 g/mol. The predicted octanol–water partition coefficient (Wildman–Crippen LogP) is 4.13. The Kier molecular flexibility index (Phi) is 4.33. The molecule has 27 heavy (non-hydrogen) atoms. The molecule has 0 aliphatic heterocycles. The zero-order valence-electron chi connectivity index (χ0n) is 15.3. The fourth-order valence-electron chi connectivity index (χ4n) is 4.09. The van der Waals surface area contributed by atoms with Crippen LogP contribution in [0.15, 0.2) is 84.9 Å². The normalized spacial score (nSPS) is 23.6. The number of esters is 1. The number of rotatable bonds is 4. The van der Waals surface area contributed by atoms with E-state index in [-0.39, 0.29) is 6.61 Å². The molecule has 136 valence electrons. The zero-order chi connectivity index (χ0) is 18.9. The number of benzene rings is 3. The largest absolute Gasteiger partial charge is 0.460 e. The van der Waals surface area contributed by atoms with Crippen molar-refractivity contribution in [2.75, 3.05) is 0 Å². The highest BCUT2D eigenvalue weighted by molar-refractivity contribution is 5.87. The molecule has 0 radical (unpaired) electrons. The van der Waals surface area contributed by atoms with E-state index in [4.69, 9.17) is 4.74 Å². The van der Waals surface area contributed by atoms with E-state index in [0.29, 0.717) is 6.42 Å². The summed E-state index contributed by atoms with van der Waals surface area (Å²) in [5.41, 5.74) is 0.910. The number of hydrogen-bond acceptors (Lipinski definition) is 3. The highest BCUT2D eigenvalue weighted by atomic mass is 16.5. The molecule has 0 aromatic heterocycles. The molecule has 3 aromatic carbocycles. The molecule has 2 atom stereocenters. The topological polar surface area (TPSA) is 46.5 Å². The second kappa shape index (κ2) is 6.67. The third-order valence-electron chi connectivity index (χ3n) is 5.70. The van der Waals surface area contributed by atoms with Crippen LogP contribution in [-0.4, -0.2) is 11.1 Å². The molecule has 0 fully saturated rings. The molecule has 3 nitrogen and oxygen atoms in total. The summed E-state index contributed by atoms with van der Waals surface area (Å²) in [6.07, 6.45) is 0.379. The van der Waals surface area contributed by atoms with Crippen LogP contribution < -0.4 is 0 Å². The molecule has 1 aliphatic rings. The van der Waals surface area contributed by atoms with Crippen molar-refractivity contribution in [1.29, 1.82) is 0 Å². The number of carbonyl (C=O) groups is 1. The first-order chi connectivity index (χ1) is 13.1. The molecule has 0 heterocycles. The Morgan fingerprint density at radius 3 is 2.22 bits per heavy atom. The summed E-state index contributed by atoms with van der Waals surface area (Å²) >= 11 is 0. The van der Waals surface area contributed by atoms with Crippen molar-refractivity contribution < 1.29 is 14.6 Å². The Bertz CT molecular complexity index is 952. The van der Waals surface area contributed by atoms with Crippen LogP contribution in [0.3, 0.4) is 0 Å². The molecule has 1 N–H and O–H groups in total. The monoisotopic (exact) mass is 358 g/mol. The van der Waals surface area contributed by atoms with Crippen molar-refractivity contribution in [3.63, 3.8) is 0 Å². The van der Waals surface area contributed by atoms with Gasteiger partial charge < -0.3 is 9.84 Å². The lowest BCUT2D eigenvalue weighted by Gasteiger charge is -2.38. The molecule has 1 aliphatic carbocycles. The highest BCUT2D eigenvalue weighted by Crippen LogP contribution is 2.52. The van der Waals surface area contributed by atoms with Gasteiger partial charge in [0.1, 0.15) is 17.6 Å². The molecule has 0 unspecified atom stereocenters. The van der Waals surface area contributed by atoms with Gasteiger partial charge in [-0.25, -0.2) is 0 Å². The number of hydrogen-bond donors (Lipinski definition) is 1. The molecule has 0 spiro atoms. The van der Waals surface area contributed by atoms with Gasteiger partial charge in [-0.05, 0) is 29.2 Å². The van der Waals surface area contributed by atoms with Crippen molar-refractivity contribution in [1.82, 2.24) is 0 Å². The predicted molar refractivity (Wildman–Crippen MR) is 104 cm³/mol. The molecule has 0 saturated carbocycles. The van der Waals surface area contributed by atoms with Gasteiger partial charge in [0.2, 0.25) is 0 Å². The van der Waals surface area contributed by atoms with Gasteiger partial charge in [0, 0.05) is 6.42 Å². The van der Waals surface area contributed by atoms with E-state index < -0.39 is 17.0 Å². The average Bonchev–Trinajstić information content (AvgIpc) is 2.97. The molecule has 0 saturated heterocycles. The fraction of sp³-hybridized carbons (Fsp3) is 0.208. The van der Waals surface area contributed by atoms with E-state index in [9.17, 15) is 9.90 Å². The minimum atomic E-state index is -1.36. The lowest BCUT2D eigenvalue weighted by molar-refractivity contribution is -0.163. The molecular formula is C24H22O3. The maximum Gasteiger partial charge on any atom is 0.319 e. The lowest BCUT2D eigenvalue weighted by atomic mass is 9.69. The van der Waals surface area contributed by atoms with Crippen molar-refractivity contribution in [2.45, 2.75) is 31.0 Å². The Morgan fingerprint density at radius 1 is 0.926 bits per heavy atom. The summed E-state index contributed by atoms with van der Waals surface area (Å²) in [7, 11) is 0. The van der Waals surface area contributed by atoms with Crippen LogP contribution in [0.1, 0.15) is 29.2 Å². The molecule has 4 rings (SSSR count). The van der Waals surface area contributed by atoms with Crippen molar-refractivity contribution >= 4 is 5.97 Å². The number of fused-ring (bicyclic) bond motifs is 1. The van der Waals surface area contributed by atoms with Gasteiger partial charge in [-0.1, -0.05) is 84.9 Å². The number of ether oxygens (including phenoxy) is 1. The summed E-state index contributed by atoms with van der Waals surface area (Å²) in [5.74, 6) is -0.414. The summed E-state index contributed by atoms with van der Waals surface area (Å²) < 4.78 is 5.69. The SMILES string of the molecule is C[C@@]1(C(=O)OCc2ccccc2)c2ccccc2C[C@@]1(O)c1ccccc1. The highest BCUT2D eigenvalue weighted by Gasteiger charge is 2.60. The van der Waals surface area contributed by atoms with Gasteiger partial charge in [-0.3, -0.25) is 4.79 Å². The van der Waals surface area contributed by atoms with Gasteiger partial charge in [-0.2, -0.15) is 0 Å². The summed E-state index contributed by atoms with van der Waals surface area (Å²) in [5, 5.41) is 11.8. The third-order valence-corrected chi connectivity index (χ3v) is 5.70. The van der Waals surface area contributed by atoms with Crippen LogP contribution in [0.25, 0.3) is 0 Å². The summed E-state index contributed by atoms with van der Waals surface area (Å²) in [4.78, 5) is 13.3. The average molecular weight is 358 g/mol. The van der Waals surface area contributed by atoms with Gasteiger partial charge in [-0.15, -0.1) is 0 Å². The Labute approximate surface area is 159 Å².